The van der Waals surface area contributed by atoms with E-state index in [1.807, 2.05) is 34.6 Å². The van der Waals surface area contributed by atoms with Crippen LogP contribution in [0.5, 0.6) is 0 Å². The molecule has 0 fully saturated rings. The summed E-state index contributed by atoms with van der Waals surface area (Å²) in [6, 6.07) is 5.44. The first-order chi connectivity index (χ1) is 22.1. The molecular formula is C32H32F3N9O3. The second-order valence-corrected chi connectivity index (χ2v) is 12.4. The zero-order chi connectivity index (χ0) is 34.1. The lowest BCUT2D eigenvalue weighted by molar-refractivity contribution is -0.138. The Morgan fingerprint density at radius 2 is 1.81 bits per heavy atom. The van der Waals surface area contributed by atoms with Gasteiger partial charge < -0.3 is 20.1 Å². The summed E-state index contributed by atoms with van der Waals surface area (Å²) in [4.78, 5) is 40.5. The topological polar surface area (TPSA) is 157 Å². The Morgan fingerprint density at radius 3 is 2.49 bits per heavy atom. The fraction of sp³-hybridized carbons (Fsp3) is 0.344. The van der Waals surface area contributed by atoms with Gasteiger partial charge in [0.25, 0.3) is 5.91 Å². The standard InChI is InChI=1S/C32H32F3N9O3/c1-7-8-23(45)38-17-31(5,6)44-16-20(15-39-44)25-40-24-21(11-12-36-26(24)41-25)18-9-10-19(22(13-18)32(33,34)35)14-37-27(46)28-42-29(43-47-28)30(2,3)4/h9-13,15-16H,14,17H2,1-6H3,(H,37,46)(H,38,45)(H,36,40,41). The SMILES string of the molecule is CC#CC(=O)NCC(C)(C)n1cc(-c2nc3c(-c4ccc(CNC(=O)c5nc(C(C)(C)C)no5)c(C(F)(F)F)c4)ccnc3[nH]2)cn1. The van der Waals surface area contributed by atoms with Gasteiger partial charge in [-0.15, -0.1) is 0 Å². The van der Waals surface area contributed by atoms with Crippen LogP contribution in [0.3, 0.4) is 0 Å². The molecule has 5 aromatic rings. The number of alkyl halides is 3. The van der Waals surface area contributed by atoms with Crippen molar-refractivity contribution in [1.82, 2.24) is 45.5 Å². The Morgan fingerprint density at radius 1 is 1.04 bits per heavy atom. The van der Waals surface area contributed by atoms with Crippen LogP contribution in [-0.4, -0.2) is 53.2 Å². The Kier molecular flexibility index (Phi) is 8.63. The van der Waals surface area contributed by atoms with Crippen molar-refractivity contribution in [1.29, 1.82) is 0 Å². The van der Waals surface area contributed by atoms with Gasteiger partial charge in [0.1, 0.15) is 11.3 Å². The van der Waals surface area contributed by atoms with E-state index in [0.29, 0.717) is 33.9 Å². The number of rotatable bonds is 8. The molecule has 4 heterocycles. The molecule has 0 saturated heterocycles. The summed E-state index contributed by atoms with van der Waals surface area (Å²) >= 11 is 0. The molecule has 0 aliphatic heterocycles. The first kappa shape index (κ1) is 32.9. The third kappa shape index (κ3) is 7.16. The van der Waals surface area contributed by atoms with Gasteiger partial charge in [0.2, 0.25) is 0 Å². The number of nitrogens with zero attached hydrogens (tertiary/aromatic N) is 6. The lowest BCUT2D eigenvalue weighted by atomic mass is 9.96. The highest BCUT2D eigenvalue weighted by molar-refractivity contribution is 5.93. The van der Waals surface area contributed by atoms with Crippen molar-refractivity contribution in [2.45, 2.75) is 65.2 Å². The summed E-state index contributed by atoms with van der Waals surface area (Å²) in [7, 11) is 0. The third-order valence-corrected chi connectivity index (χ3v) is 7.24. The summed E-state index contributed by atoms with van der Waals surface area (Å²) in [5.41, 5.74) is -0.122. The maximum atomic E-state index is 14.3. The number of aromatic nitrogens is 7. The third-order valence-electron chi connectivity index (χ3n) is 7.24. The number of imidazole rings is 1. The summed E-state index contributed by atoms with van der Waals surface area (Å²) < 4.78 is 49.5. The number of pyridine rings is 1. The normalized spacial score (nSPS) is 12.1. The van der Waals surface area contributed by atoms with Gasteiger partial charge in [-0.25, -0.2) is 9.97 Å². The fourth-order valence-corrected chi connectivity index (χ4v) is 4.63. The number of aromatic amines is 1. The average Bonchev–Trinajstić information content (AvgIpc) is 3.78. The minimum atomic E-state index is -4.72. The van der Waals surface area contributed by atoms with E-state index in [2.05, 4.69) is 52.7 Å². The molecule has 0 spiro atoms. The van der Waals surface area contributed by atoms with Crippen molar-refractivity contribution >= 4 is 23.0 Å². The Bertz CT molecular complexity index is 2020. The number of benzene rings is 1. The predicted molar refractivity (Wildman–Crippen MR) is 165 cm³/mol. The summed E-state index contributed by atoms with van der Waals surface area (Å²) in [5.74, 6) is 4.18. The molecule has 0 saturated carbocycles. The first-order valence-electron chi connectivity index (χ1n) is 14.5. The van der Waals surface area contributed by atoms with E-state index in [0.717, 1.165) is 6.07 Å². The van der Waals surface area contributed by atoms with Crippen molar-refractivity contribution in [3.05, 3.63) is 65.7 Å². The lowest BCUT2D eigenvalue weighted by Gasteiger charge is -2.25. The van der Waals surface area contributed by atoms with Crippen molar-refractivity contribution < 1.29 is 27.3 Å². The number of carbonyl (C=O) groups excluding carboxylic acids is 2. The van der Waals surface area contributed by atoms with E-state index >= 15 is 0 Å². The van der Waals surface area contributed by atoms with Crippen LogP contribution in [-0.2, 0) is 28.5 Å². The van der Waals surface area contributed by atoms with Crippen LogP contribution in [0, 0.1) is 11.8 Å². The van der Waals surface area contributed by atoms with Gasteiger partial charge in [-0.2, -0.15) is 23.3 Å². The lowest BCUT2D eigenvalue weighted by Crippen LogP contribution is -2.40. The van der Waals surface area contributed by atoms with E-state index in [1.165, 1.54) is 18.3 Å². The Balaban J connectivity index is 1.40. The van der Waals surface area contributed by atoms with Crippen LogP contribution in [0.15, 0.2) is 47.4 Å². The molecule has 0 aliphatic rings. The summed E-state index contributed by atoms with van der Waals surface area (Å²) in [6.07, 6.45) is 0.104. The maximum absolute atomic E-state index is 14.3. The van der Waals surface area contributed by atoms with Gasteiger partial charge in [0.05, 0.1) is 22.9 Å². The van der Waals surface area contributed by atoms with Crippen LogP contribution in [0.25, 0.3) is 33.7 Å². The molecule has 12 nitrogen and oxygen atoms in total. The van der Waals surface area contributed by atoms with Gasteiger partial charge in [-0.3, -0.25) is 14.3 Å². The molecule has 0 radical (unpaired) electrons. The molecule has 0 atom stereocenters. The minimum absolute atomic E-state index is 0.147. The number of carbonyl (C=O) groups is 2. The summed E-state index contributed by atoms with van der Waals surface area (Å²) in [5, 5.41) is 13.4. The van der Waals surface area contributed by atoms with Crippen molar-refractivity contribution in [2.24, 2.45) is 0 Å². The van der Waals surface area contributed by atoms with E-state index in [9.17, 15) is 22.8 Å². The van der Waals surface area contributed by atoms with Crippen LogP contribution < -0.4 is 10.6 Å². The second-order valence-electron chi connectivity index (χ2n) is 12.4. The van der Waals surface area contributed by atoms with Crippen LogP contribution in [0.4, 0.5) is 13.2 Å². The molecule has 2 amide bonds. The molecule has 0 aliphatic carbocycles. The van der Waals surface area contributed by atoms with E-state index in [1.54, 1.807) is 30.1 Å². The molecular weight excluding hydrogens is 615 g/mol. The van der Waals surface area contributed by atoms with E-state index in [4.69, 9.17) is 4.52 Å². The fourth-order valence-electron chi connectivity index (χ4n) is 4.63. The predicted octanol–water partition coefficient (Wildman–Crippen LogP) is 4.99. The highest BCUT2D eigenvalue weighted by atomic mass is 19.4. The van der Waals surface area contributed by atoms with Crippen molar-refractivity contribution in [2.75, 3.05) is 6.54 Å². The minimum Gasteiger partial charge on any atom is -0.344 e. The Labute approximate surface area is 267 Å². The maximum Gasteiger partial charge on any atom is 0.416 e. The highest BCUT2D eigenvalue weighted by Crippen LogP contribution is 2.37. The van der Waals surface area contributed by atoms with Gasteiger partial charge in [-0.1, -0.05) is 44.0 Å². The zero-order valence-corrected chi connectivity index (χ0v) is 26.5. The smallest absolute Gasteiger partial charge is 0.344 e. The highest BCUT2D eigenvalue weighted by Gasteiger charge is 2.34. The van der Waals surface area contributed by atoms with Crippen LogP contribution >= 0.6 is 0 Å². The van der Waals surface area contributed by atoms with Gasteiger partial charge in [0, 0.05) is 36.5 Å². The molecule has 244 valence electrons. The zero-order valence-electron chi connectivity index (χ0n) is 26.5. The number of hydrogen-bond donors (Lipinski definition) is 3. The molecule has 3 N–H and O–H groups in total. The number of amides is 2. The van der Waals surface area contributed by atoms with Gasteiger partial charge in [0.15, 0.2) is 11.5 Å². The second kappa shape index (κ2) is 12.3. The number of fused-ring (bicyclic) bond motifs is 1. The largest absolute Gasteiger partial charge is 0.416 e. The molecule has 0 bridgehead atoms. The molecule has 4 aromatic heterocycles. The first-order valence-corrected chi connectivity index (χ1v) is 14.5. The van der Waals surface area contributed by atoms with Crippen LogP contribution in [0.2, 0.25) is 0 Å². The quantitative estimate of drug-likeness (QED) is 0.199. The van der Waals surface area contributed by atoms with Crippen molar-refractivity contribution in [3.8, 4) is 34.4 Å². The average molecular weight is 648 g/mol. The van der Waals surface area contributed by atoms with E-state index in [-0.39, 0.29) is 23.6 Å². The number of halogens is 3. The van der Waals surface area contributed by atoms with Crippen LogP contribution in [0.1, 0.15) is 69.2 Å². The Hall–Kier alpha value is -5.52. The van der Waals surface area contributed by atoms with E-state index < -0.39 is 41.1 Å². The molecule has 47 heavy (non-hydrogen) atoms. The number of H-pyrrole nitrogens is 1. The summed E-state index contributed by atoms with van der Waals surface area (Å²) in [6.45, 7) is 10.7. The molecule has 1 aromatic carbocycles. The van der Waals surface area contributed by atoms with Gasteiger partial charge in [-0.05, 0) is 50.0 Å². The molecule has 15 heteroatoms. The molecule has 0 unspecified atom stereocenters. The number of nitrogens with one attached hydrogen (secondary N) is 3. The van der Waals surface area contributed by atoms with Crippen molar-refractivity contribution in [3.63, 3.8) is 0 Å². The number of hydrogen-bond acceptors (Lipinski definition) is 8. The molecule has 5 rings (SSSR count). The van der Waals surface area contributed by atoms with Gasteiger partial charge >= 0.3 is 18.0 Å². The monoisotopic (exact) mass is 647 g/mol.